The van der Waals surface area contributed by atoms with Gasteiger partial charge in [-0.15, -0.1) is 0 Å². The van der Waals surface area contributed by atoms with E-state index in [-0.39, 0.29) is 5.92 Å². The molecule has 0 aliphatic heterocycles. The first kappa shape index (κ1) is 14.6. The molecule has 2 heterocycles. The van der Waals surface area contributed by atoms with Crippen molar-refractivity contribution < 1.29 is 4.52 Å². The fourth-order valence-corrected chi connectivity index (χ4v) is 2.28. The lowest BCUT2D eigenvalue weighted by atomic mass is 9.98. The van der Waals surface area contributed by atoms with Crippen molar-refractivity contribution in [3.05, 3.63) is 24.0 Å². The van der Waals surface area contributed by atoms with E-state index in [4.69, 9.17) is 4.52 Å². The van der Waals surface area contributed by atoms with Crippen molar-refractivity contribution >= 4 is 0 Å². The number of hydrogen-bond acceptors (Lipinski definition) is 6. The molecule has 0 saturated heterocycles. The molecule has 108 valence electrons. The lowest BCUT2D eigenvalue weighted by Crippen LogP contribution is -2.31. The zero-order valence-electron chi connectivity index (χ0n) is 12.4. The second kappa shape index (κ2) is 6.56. The maximum Gasteiger partial charge on any atom is 0.231 e. The second-order valence-corrected chi connectivity index (χ2v) is 4.81. The van der Waals surface area contributed by atoms with E-state index in [0.29, 0.717) is 29.3 Å². The largest absolute Gasteiger partial charge is 0.339 e. The van der Waals surface area contributed by atoms with Crippen molar-refractivity contribution in [1.29, 1.82) is 0 Å². The van der Waals surface area contributed by atoms with Gasteiger partial charge in [-0.1, -0.05) is 19.0 Å². The minimum absolute atomic E-state index is 0.208. The first-order valence-corrected chi connectivity index (χ1v) is 7.02. The van der Waals surface area contributed by atoms with Gasteiger partial charge >= 0.3 is 0 Å². The average Bonchev–Trinajstić information content (AvgIpc) is 2.89. The van der Waals surface area contributed by atoms with Gasteiger partial charge in [0.05, 0.1) is 5.92 Å². The Labute approximate surface area is 119 Å². The van der Waals surface area contributed by atoms with Crippen LogP contribution in [0.5, 0.6) is 0 Å². The molecule has 1 N–H and O–H groups in total. The van der Waals surface area contributed by atoms with E-state index >= 15 is 0 Å². The number of likely N-dealkylation sites (N-methyl/N-ethyl adjacent to an activating group) is 1. The number of nitrogens with one attached hydrogen (secondary N) is 1. The summed E-state index contributed by atoms with van der Waals surface area (Å²) in [5, 5.41) is 7.43. The van der Waals surface area contributed by atoms with E-state index in [2.05, 4.69) is 46.2 Å². The van der Waals surface area contributed by atoms with Crippen LogP contribution in [-0.4, -0.2) is 32.7 Å². The van der Waals surface area contributed by atoms with Crippen molar-refractivity contribution in [2.45, 2.75) is 46.1 Å². The van der Waals surface area contributed by atoms with Crippen LogP contribution in [-0.2, 0) is 0 Å². The number of hydrogen-bond donors (Lipinski definition) is 1. The summed E-state index contributed by atoms with van der Waals surface area (Å²) in [7, 11) is 0. The Morgan fingerprint density at radius 1 is 1.30 bits per heavy atom. The van der Waals surface area contributed by atoms with Gasteiger partial charge in [-0.05, 0) is 32.9 Å². The molecule has 0 radical (unpaired) electrons. The molecule has 2 atom stereocenters. The average molecular weight is 275 g/mol. The summed E-state index contributed by atoms with van der Waals surface area (Å²) >= 11 is 0. The van der Waals surface area contributed by atoms with Crippen LogP contribution in [0.15, 0.2) is 16.8 Å². The van der Waals surface area contributed by atoms with E-state index in [1.165, 1.54) is 0 Å². The summed E-state index contributed by atoms with van der Waals surface area (Å²) in [6.07, 6.45) is 2.64. The molecule has 0 aliphatic carbocycles. The normalized spacial score (nSPS) is 14.2. The van der Waals surface area contributed by atoms with E-state index in [0.717, 1.165) is 13.0 Å². The van der Waals surface area contributed by atoms with Gasteiger partial charge in [-0.2, -0.15) is 4.98 Å². The topological polar surface area (TPSA) is 76.7 Å². The Kier molecular flexibility index (Phi) is 4.79. The van der Waals surface area contributed by atoms with Crippen LogP contribution in [0, 0.1) is 6.92 Å². The van der Waals surface area contributed by atoms with Gasteiger partial charge in [0.15, 0.2) is 0 Å². The van der Waals surface area contributed by atoms with Gasteiger partial charge in [0.2, 0.25) is 11.7 Å². The lowest BCUT2D eigenvalue weighted by Gasteiger charge is -2.19. The maximum absolute atomic E-state index is 5.42. The molecular weight excluding hydrogens is 254 g/mol. The number of aromatic nitrogens is 4. The molecule has 2 aromatic rings. The quantitative estimate of drug-likeness (QED) is 0.872. The minimum Gasteiger partial charge on any atom is -0.339 e. The predicted molar refractivity (Wildman–Crippen MR) is 76.2 cm³/mol. The molecule has 0 aliphatic rings. The molecule has 2 rings (SSSR count). The van der Waals surface area contributed by atoms with Crippen LogP contribution in [0.4, 0.5) is 0 Å². The fraction of sp³-hybridized carbons (Fsp3) is 0.571. The van der Waals surface area contributed by atoms with Crippen molar-refractivity contribution in [2.24, 2.45) is 0 Å². The number of rotatable bonds is 6. The van der Waals surface area contributed by atoms with Crippen molar-refractivity contribution in [2.75, 3.05) is 6.54 Å². The van der Waals surface area contributed by atoms with E-state index < -0.39 is 0 Å². The van der Waals surface area contributed by atoms with Gasteiger partial charge in [-0.3, -0.25) is 0 Å². The summed E-state index contributed by atoms with van der Waals surface area (Å²) in [5.41, 5.74) is 0.693. The Morgan fingerprint density at radius 3 is 2.75 bits per heavy atom. The van der Waals surface area contributed by atoms with E-state index in [1.54, 1.807) is 12.3 Å². The van der Waals surface area contributed by atoms with Gasteiger partial charge in [0.1, 0.15) is 11.5 Å². The number of nitrogens with zero attached hydrogens (tertiary/aromatic N) is 4. The number of aryl methyl sites for hydroxylation is 1. The molecular formula is C14H21N5O. The third-order valence-corrected chi connectivity index (χ3v) is 3.33. The van der Waals surface area contributed by atoms with Gasteiger partial charge in [0, 0.05) is 12.2 Å². The fourth-order valence-electron chi connectivity index (χ4n) is 2.28. The van der Waals surface area contributed by atoms with Crippen LogP contribution in [0.25, 0.3) is 11.5 Å². The Balaban J connectivity index is 2.23. The van der Waals surface area contributed by atoms with Crippen molar-refractivity contribution in [1.82, 2.24) is 25.4 Å². The monoisotopic (exact) mass is 275 g/mol. The molecule has 2 unspecified atom stereocenters. The second-order valence-electron chi connectivity index (χ2n) is 4.81. The predicted octanol–water partition coefficient (Wildman–Crippen LogP) is 2.33. The molecule has 6 nitrogen and oxygen atoms in total. The Hall–Kier alpha value is -1.82. The molecule has 0 amide bonds. The smallest absolute Gasteiger partial charge is 0.231 e. The summed E-state index contributed by atoms with van der Waals surface area (Å²) in [6, 6.07) is 2.08. The van der Waals surface area contributed by atoms with Gasteiger partial charge in [-0.25, -0.2) is 9.97 Å². The van der Waals surface area contributed by atoms with Crippen LogP contribution in [0.2, 0.25) is 0 Å². The zero-order valence-corrected chi connectivity index (χ0v) is 12.4. The molecule has 20 heavy (non-hydrogen) atoms. The zero-order chi connectivity index (χ0) is 14.5. The minimum atomic E-state index is 0.208. The molecule has 2 aromatic heterocycles. The highest BCUT2D eigenvalue weighted by molar-refractivity contribution is 5.47. The standard InChI is InChI=1S/C14H21N5O/c1-5-11(9(3)15-6-2)14-18-13(19-20-14)12-7-8-16-10(4)17-12/h7-9,11,15H,5-6H2,1-4H3. The van der Waals surface area contributed by atoms with E-state index in [9.17, 15) is 0 Å². The lowest BCUT2D eigenvalue weighted by molar-refractivity contribution is 0.318. The molecule has 0 aromatic carbocycles. The Morgan fingerprint density at radius 2 is 2.10 bits per heavy atom. The molecule has 0 bridgehead atoms. The summed E-state index contributed by atoms with van der Waals surface area (Å²) in [5.74, 6) is 2.08. The van der Waals surface area contributed by atoms with Crippen molar-refractivity contribution in [3.63, 3.8) is 0 Å². The highest BCUT2D eigenvalue weighted by atomic mass is 16.5. The summed E-state index contributed by atoms with van der Waals surface area (Å²) in [6.45, 7) is 9.11. The maximum atomic E-state index is 5.42. The highest BCUT2D eigenvalue weighted by Crippen LogP contribution is 2.24. The molecule has 0 saturated carbocycles. The van der Waals surface area contributed by atoms with Crippen molar-refractivity contribution in [3.8, 4) is 11.5 Å². The summed E-state index contributed by atoms with van der Waals surface area (Å²) < 4.78 is 5.42. The summed E-state index contributed by atoms with van der Waals surface area (Å²) in [4.78, 5) is 12.9. The third kappa shape index (κ3) is 3.19. The van der Waals surface area contributed by atoms with Crippen LogP contribution in [0.3, 0.4) is 0 Å². The van der Waals surface area contributed by atoms with Gasteiger partial charge in [0.25, 0.3) is 0 Å². The van der Waals surface area contributed by atoms with Gasteiger partial charge < -0.3 is 9.84 Å². The first-order valence-electron chi connectivity index (χ1n) is 7.02. The van der Waals surface area contributed by atoms with Crippen LogP contribution in [0.1, 0.15) is 44.8 Å². The highest BCUT2D eigenvalue weighted by Gasteiger charge is 2.23. The molecule has 6 heteroatoms. The van der Waals surface area contributed by atoms with Crippen LogP contribution < -0.4 is 5.32 Å². The third-order valence-electron chi connectivity index (χ3n) is 3.33. The van der Waals surface area contributed by atoms with E-state index in [1.807, 2.05) is 6.92 Å². The Bertz CT molecular complexity index is 554. The van der Waals surface area contributed by atoms with Crippen LogP contribution >= 0.6 is 0 Å². The molecule has 0 fully saturated rings. The molecule has 0 spiro atoms. The first-order chi connectivity index (χ1) is 9.65. The SMILES string of the molecule is CCNC(C)C(CC)c1nc(-c2ccnc(C)n2)no1.